The summed E-state index contributed by atoms with van der Waals surface area (Å²) in [4.78, 5) is 33.5. The van der Waals surface area contributed by atoms with Crippen LogP contribution in [0.3, 0.4) is 0 Å². The summed E-state index contributed by atoms with van der Waals surface area (Å²) in [5.74, 6) is 0.691. The fourth-order valence-electron chi connectivity index (χ4n) is 7.47. The molecule has 0 bridgehead atoms. The van der Waals surface area contributed by atoms with Crippen LogP contribution in [-0.2, 0) is 9.59 Å². The molecule has 0 aliphatic carbocycles. The normalized spacial score (nSPS) is 16.8. The van der Waals surface area contributed by atoms with E-state index in [4.69, 9.17) is 0 Å². The van der Waals surface area contributed by atoms with Gasteiger partial charge in [-0.05, 0) is 59.1 Å². The first-order valence-corrected chi connectivity index (χ1v) is 18.3. The first kappa shape index (κ1) is 33.5. The highest BCUT2D eigenvalue weighted by molar-refractivity contribution is 6.50. The third kappa shape index (κ3) is 6.63. The molecule has 4 aromatic rings. The Labute approximate surface area is 287 Å². The van der Waals surface area contributed by atoms with Gasteiger partial charge >= 0.3 is 0 Å². The average Bonchev–Trinajstić information content (AvgIpc) is 3.55. The summed E-state index contributed by atoms with van der Waals surface area (Å²) < 4.78 is 0. The molecular weight excluding hydrogens is 588 g/mol. The second kappa shape index (κ2) is 15.2. The van der Waals surface area contributed by atoms with E-state index in [9.17, 15) is 9.59 Å². The van der Waals surface area contributed by atoms with E-state index in [0.717, 1.165) is 96.1 Å². The molecule has 0 spiro atoms. The van der Waals surface area contributed by atoms with Crippen LogP contribution in [0.1, 0.15) is 90.2 Å². The molecule has 2 unspecified atom stereocenters. The summed E-state index contributed by atoms with van der Waals surface area (Å²) in [6.45, 7) is 10.2. The van der Waals surface area contributed by atoms with Gasteiger partial charge in [-0.3, -0.25) is 9.59 Å². The van der Waals surface area contributed by atoms with Crippen molar-refractivity contribution in [1.82, 2.24) is 0 Å². The van der Waals surface area contributed by atoms with Crippen LogP contribution in [0, 0.1) is 11.8 Å². The van der Waals surface area contributed by atoms with Crippen molar-refractivity contribution in [2.45, 2.75) is 79.1 Å². The molecule has 0 saturated carbocycles. The van der Waals surface area contributed by atoms with Crippen LogP contribution in [0.4, 0.5) is 11.4 Å². The SMILES string of the molecule is CCCCC(CC)CN1C(=O)/C(=C2\C(=O)N(CC(CC)CCCC)c3cc(-c4ccccc4)ccc32)c2ccc(-c3ccccc3)cc21. The molecule has 0 fully saturated rings. The average molecular weight is 639 g/mol. The van der Waals surface area contributed by atoms with Crippen LogP contribution in [-0.4, -0.2) is 24.9 Å². The molecule has 2 aliphatic rings. The van der Waals surface area contributed by atoms with E-state index >= 15 is 0 Å². The quantitative estimate of drug-likeness (QED) is 0.129. The minimum Gasteiger partial charge on any atom is -0.307 e. The monoisotopic (exact) mass is 638 g/mol. The molecule has 0 saturated heterocycles. The first-order chi connectivity index (χ1) is 23.5. The summed E-state index contributed by atoms with van der Waals surface area (Å²) in [5, 5.41) is 0. The Morgan fingerprint density at radius 3 is 1.25 bits per heavy atom. The standard InChI is InChI=1S/C44H50N2O2/c1-5-9-17-31(7-3)29-45-39-27-35(33-19-13-11-14-20-33)23-25-37(39)41(43(45)47)42-38-26-24-36(34-21-15-12-16-22-34)28-40(38)46(44(42)48)30-32(8-4)18-10-6-2/h11-16,19-28,31-32H,5-10,17-18,29-30H2,1-4H3/b42-41-. The van der Waals surface area contributed by atoms with Crippen molar-refractivity contribution in [3.05, 3.63) is 108 Å². The van der Waals surface area contributed by atoms with Crippen molar-refractivity contribution >= 4 is 34.3 Å². The maximum absolute atomic E-state index is 14.8. The molecule has 4 aromatic carbocycles. The molecule has 2 atom stereocenters. The maximum atomic E-state index is 14.8. The Balaban J connectivity index is 1.51. The Bertz CT molecular complexity index is 1640. The summed E-state index contributed by atoms with van der Waals surface area (Å²) in [6, 6.07) is 33.4. The van der Waals surface area contributed by atoms with Gasteiger partial charge in [-0.25, -0.2) is 0 Å². The van der Waals surface area contributed by atoms with E-state index in [1.165, 1.54) is 0 Å². The lowest BCUT2D eigenvalue weighted by Crippen LogP contribution is -2.34. The Morgan fingerprint density at radius 1 is 0.500 bits per heavy atom. The predicted molar refractivity (Wildman–Crippen MR) is 202 cm³/mol. The van der Waals surface area contributed by atoms with E-state index in [0.29, 0.717) is 36.1 Å². The molecule has 2 heterocycles. The van der Waals surface area contributed by atoms with Crippen LogP contribution in [0.2, 0.25) is 0 Å². The molecule has 4 heteroatoms. The topological polar surface area (TPSA) is 40.6 Å². The number of anilines is 2. The zero-order valence-electron chi connectivity index (χ0n) is 29.2. The van der Waals surface area contributed by atoms with E-state index in [2.05, 4.69) is 88.4 Å². The lowest BCUT2D eigenvalue weighted by Gasteiger charge is -2.24. The molecule has 0 aromatic heterocycles. The Kier molecular flexibility index (Phi) is 10.6. The molecule has 0 radical (unpaired) electrons. The number of carbonyl (C=O) groups excluding carboxylic acids is 2. The van der Waals surface area contributed by atoms with Crippen molar-refractivity contribution in [2.24, 2.45) is 11.8 Å². The number of amides is 2. The van der Waals surface area contributed by atoms with Crippen molar-refractivity contribution < 1.29 is 9.59 Å². The molecule has 2 amide bonds. The van der Waals surface area contributed by atoms with Crippen LogP contribution in [0.25, 0.3) is 33.4 Å². The number of benzene rings is 4. The van der Waals surface area contributed by atoms with Crippen LogP contribution in [0.15, 0.2) is 97.1 Å². The summed E-state index contributed by atoms with van der Waals surface area (Å²) >= 11 is 0. The number of carbonyl (C=O) groups is 2. The Morgan fingerprint density at radius 2 is 0.896 bits per heavy atom. The predicted octanol–water partition coefficient (Wildman–Crippen LogP) is 11.1. The van der Waals surface area contributed by atoms with Gasteiger partial charge in [0.1, 0.15) is 0 Å². The van der Waals surface area contributed by atoms with Gasteiger partial charge in [0, 0.05) is 24.2 Å². The highest BCUT2D eigenvalue weighted by Gasteiger charge is 2.43. The smallest absolute Gasteiger partial charge is 0.259 e. The van der Waals surface area contributed by atoms with Crippen LogP contribution < -0.4 is 9.80 Å². The summed E-state index contributed by atoms with van der Waals surface area (Å²) in [5.41, 5.74) is 9.07. The van der Waals surface area contributed by atoms with Gasteiger partial charge < -0.3 is 9.80 Å². The highest BCUT2D eigenvalue weighted by atomic mass is 16.2. The molecule has 4 nitrogen and oxygen atoms in total. The molecule has 6 rings (SSSR count). The van der Waals surface area contributed by atoms with E-state index in [1.54, 1.807) is 0 Å². The zero-order valence-corrected chi connectivity index (χ0v) is 29.2. The van der Waals surface area contributed by atoms with Gasteiger partial charge in [0.2, 0.25) is 0 Å². The number of nitrogens with zero attached hydrogens (tertiary/aromatic N) is 2. The molecule has 48 heavy (non-hydrogen) atoms. The van der Waals surface area contributed by atoms with Gasteiger partial charge in [-0.1, -0.05) is 151 Å². The second-order valence-electron chi connectivity index (χ2n) is 13.6. The lowest BCUT2D eigenvalue weighted by molar-refractivity contribution is -0.114. The number of unbranched alkanes of at least 4 members (excludes halogenated alkanes) is 2. The highest BCUT2D eigenvalue weighted by Crippen LogP contribution is 2.49. The van der Waals surface area contributed by atoms with Crippen molar-refractivity contribution in [3.63, 3.8) is 0 Å². The van der Waals surface area contributed by atoms with Crippen molar-refractivity contribution in [2.75, 3.05) is 22.9 Å². The fraction of sp³-hybridized carbons (Fsp3) is 0.364. The van der Waals surface area contributed by atoms with Gasteiger partial charge in [0.15, 0.2) is 0 Å². The third-order valence-electron chi connectivity index (χ3n) is 10.5. The number of hydrogen-bond acceptors (Lipinski definition) is 2. The van der Waals surface area contributed by atoms with E-state index in [1.807, 2.05) is 46.2 Å². The van der Waals surface area contributed by atoms with Gasteiger partial charge in [-0.2, -0.15) is 0 Å². The number of rotatable bonds is 14. The largest absolute Gasteiger partial charge is 0.307 e. The van der Waals surface area contributed by atoms with Crippen LogP contribution in [0.5, 0.6) is 0 Å². The van der Waals surface area contributed by atoms with Crippen molar-refractivity contribution in [3.8, 4) is 22.3 Å². The van der Waals surface area contributed by atoms with Gasteiger partial charge in [0.25, 0.3) is 11.8 Å². The molecular formula is C44H50N2O2. The third-order valence-corrected chi connectivity index (χ3v) is 10.5. The minimum absolute atomic E-state index is 0.0496. The number of fused-ring (bicyclic) bond motifs is 2. The fourth-order valence-corrected chi connectivity index (χ4v) is 7.47. The maximum Gasteiger partial charge on any atom is 0.259 e. The van der Waals surface area contributed by atoms with Crippen LogP contribution >= 0.6 is 0 Å². The minimum atomic E-state index is -0.0496. The number of hydrogen-bond donors (Lipinski definition) is 0. The molecule has 2 aliphatic heterocycles. The summed E-state index contributed by atoms with van der Waals surface area (Å²) in [7, 11) is 0. The second-order valence-corrected chi connectivity index (χ2v) is 13.6. The lowest BCUT2D eigenvalue weighted by atomic mass is 9.93. The zero-order chi connectivity index (χ0) is 33.6. The Hall–Kier alpha value is -4.44. The van der Waals surface area contributed by atoms with E-state index in [-0.39, 0.29) is 11.8 Å². The molecule has 0 N–H and O–H groups in total. The first-order valence-electron chi connectivity index (χ1n) is 18.3. The van der Waals surface area contributed by atoms with Gasteiger partial charge in [-0.15, -0.1) is 0 Å². The summed E-state index contributed by atoms with van der Waals surface area (Å²) in [6.07, 6.45) is 8.76. The molecule has 248 valence electrons. The van der Waals surface area contributed by atoms with Gasteiger partial charge in [0.05, 0.1) is 22.5 Å². The van der Waals surface area contributed by atoms with E-state index < -0.39 is 0 Å². The van der Waals surface area contributed by atoms with Crippen molar-refractivity contribution in [1.29, 1.82) is 0 Å².